The number of pyridine rings is 1. The zero-order valence-electron chi connectivity index (χ0n) is 22.1. The zero-order valence-corrected chi connectivity index (χ0v) is 22.9. The van der Waals surface area contributed by atoms with Crippen LogP contribution < -0.4 is 14.5 Å². The number of aryl methyl sites for hydroxylation is 3. The first kappa shape index (κ1) is 26.7. The molecule has 1 aromatic heterocycles. The number of hydrogen-bond acceptors (Lipinski definition) is 6. The predicted molar refractivity (Wildman–Crippen MR) is 151 cm³/mol. The number of Topliss-reactive ketones (excluding diaryl/α,β-unsaturated/α-hetero) is 1. The van der Waals surface area contributed by atoms with Crippen LogP contribution in [0.2, 0.25) is 0 Å². The first-order valence-electron chi connectivity index (χ1n) is 12.7. The number of benzene rings is 2. The minimum absolute atomic E-state index is 0.156. The molecular formula is C29H36N4O3S. The molecule has 2 aromatic carbocycles. The van der Waals surface area contributed by atoms with E-state index in [1.54, 1.807) is 6.07 Å². The summed E-state index contributed by atoms with van der Waals surface area (Å²) in [4.78, 5) is 22.7. The topological polar surface area (TPSA) is 82.6 Å². The van der Waals surface area contributed by atoms with Crippen molar-refractivity contribution in [2.24, 2.45) is 0 Å². The summed E-state index contributed by atoms with van der Waals surface area (Å²) in [5.41, 5.74) is 5.54. The lowest BCUT2D eigenvalue weighted by molar-refractivity contribution is -0.120. The van der Waals surface area contributed by atoms with Crippen LogP contribution in [0.3, 0.4) is 0 Å². The average molecular weight is 521 g/mol. The molecule has 7 nitrogen and oxygen atoms in total. The highest BCUT2D eigenvalue weighted by molar-refractivity contribution is 7.92. The molecule has 3 aromatic rings. The summed E-state index contributed by atoms with van der Waals surface area (Å²) >= 11 is 0. The lowest BCUT2D eigenvalue weighted by atomic mass is 9.91. The Bertz CT molecular complexity index is 1350. The van der Waals surface area contributed by atoms with Gasteiger partial charge in [0, 0.05) is 49.9 Å². The monoisotopic (exact) mass is 520 g/mol. The second-order valence-corrected chi connectivity index (χ2v) is 11.6. The third-order valence-electron chi connectivity index (χ3n) is 6.97. The normalized spacial score (nSPS) is 14.9. The number of para-hydroxylation sites is 1. The Kier molecular flexibility index (Phi) is 8.17. The maximum absolute atomic E-state index is 13.1. The van der Waals surface area contributed by atoms with Gasteiger partial charge in [0.15, 0.2) is 0 Å². The van der Waals surface area contributed by atoms with Gasteiger partial charge in [-0.3, -0.25) is 9.52 Å². The Morgan fingerprint density at radius 1 is 0.973 bits per heavy atom. The molecule has 0 bridgehead atoms. The standard InChI is InChI=1S/C29H36N4O3S/c1-21-20-25(12-14-27(21)31-37(4,35)36)23(3)28(34)15-13-24-11-10-22(2)30-29(24)33-18-16-32(17-19-33)26-8-6-5-7-9-26/h5-12,14,20,23,31H,13,15-19H2,1-4H3. The molecule has 1 saturated heterocycles. The molecular weight excluding hydrogens is 484 g/mol. The number of anilines is 3. The third kappa shape index (κ3) is 6.89. The SMILES string of the molecule is Cc1ccc(CCC(=O)C(C)c2ccc(NS(C)(=O)=O)c(C)c2)c(N2CCN(c3ccccc3)CC2)n1. The fourth-order valence-electron chi connectivity index (χ4n) is 4.79. The fourth-order valence-corrected chi connectivity index (χ4v) is 5.42. The van der Waals surface area contributed by atoms with Crippen LogP contribution in [-0.4, -0.2) is 51.6 Å². The largest absolute Gasteiger partial charge is 0.368 e. The molecule has 1 atom stereocenters. The number of aromatic nitrogens is 1. The van der Waals surface area contributed by atoms with Gasteiger partial charge in [-0.05, 0) is 61.2 Å². The van der Waals surface area contributed by atoms with Crippen LogP contribution in [0.5, 0.6) is 0 Å². The fraction of sp³-hybridized carbons (Fsp3) is 0.379. The quantitative estimate of drug-likeness (QED) is 0.440. The zero-order chi connectivity index (χ0) is 26.6. The Morgan fingerprint density at radius 2 is 1.65 bits per heavy atom. The van der Waals surface area contributed by atoms with Gasteiger partial charge in [0.1, 0.15) is 11.6 Å². The Labute approximate surface area is 220 Å². The van der Waals surface area contributed by atoms with E-state index in [0.717, 1.165) is 60.6 Å². The molecule has 0 saturated carbocycles. The number of carbonyl (C=O) groups is 1. The summed E-state index contributed by atoms with van der Waals surface area (Å²) in [5, 5.41) is 0. The van der Waals surface area contributed by atoms with Gasteiger partial charge in [0.2, 0.25) is 10.0 Å². The smallest absolute Gasteiger partial charge is 0.229 e. The molecule has 196 valence electrons. The van der Waals surface area contributed by atoms with Gasteiger partial charge in [-0.15, -0.1) is 0 Å². The molecule has 1 aliphatic heterocycles. The van der Waals surface area contributed by atoms with E-state index in [0.29, 0.717) is 18.5 Å². The second kappa shape index (κ2) is 11.3. The lowest BCUT2D eigenvalue weighted by Gasteiger charge is -2.37. The summed E-state index contributed by atoms with van der Waals surface area (Å²) in [6.45, 7) is 9.39. The molecule has 0 spiro atoms. The Balaban J connectivity index is 1.41. The van der Waals surface area contributed by atoms with Crippen LogP contribution in [0, 0.1) is 13.8 Å². The second-order valence-electron chi connectivity index (χ2n) is 9.88. The Hall–Kier alpha value is -3.39. The number of sulfonamides is 1. The first-order valence-corrected chi connectivity index (χ1v) is 14.6. The van der Waals surface area contributed by atoms with Crippen molar-refractivity contribution in [1.29, 1.82) is 0 Å². The van der Waals surface area contributed by atoms with Crippen molar-refractivity contribution in [2.75, 3.05) is 47.0 Å². The molecule has 37 heavy (non-hydrogen) atoms. The maximum atomic E-state index is 13.1. The highest BCUT2D eigenvalue weighted by Crippen LogP contribution is 2.27. The molecule has 1 aliphatic rings. The van der Waals surface area contributed by atoms with E-state index >= 15 is 0 Å². The molecule has 1 N–H and O–H groups in total. The summed E-state index contributed by atoms with van der Waals surface area (Å²) < 4.78 is 25.7. The van der Waals surface area contributed by atoms with Gasteiger partial charge in [0.25, 0.3) is 0 Å². The highest BCUT2D eigenvalue weighted by Gasteiger charge is 2.22. The lowest BCUT2D eigenvalue weighted by Crippen LogP contribution is -2.47. The summed E-state index contributed by atoms with van der Waals surface area (Å²) in [6, 6.07) is 20.0. The van der Waals surface area contributed by atoms with Crippen LogP contribution in [0.25, 0.3) is 0 Å². The minimum Gasteiger partial charge on any atom is -0.368 e. The van der Waals surface area contributed by atoms with Gasteiger partial charge in [0.05, 0.1) is 11.9 Å². The number of carbonyl (C=O) groups excluding carboxylic acids is 1. The molecule has 2 heterocycles. The van der Waals surface area contributed by atoms with Crippen molar-refractivity contribution in [3.63, 3.8) is 0 Å². The van der Waals surface area contributed by atoms with Crippen molar-refractivity contribution in [1.82, 2.24) is 4.98 Å². The summed E-state index contributed by atoms with van der Waals surface area (Å²) in [7, 11) is -3.35. The van der Waals surface area contributed by atoms with Crippen molar-refractivity contribution < 1.29 is 13.2 Å². The van der Waals surface area contributed by atoms with E-state index in [1.807, 2.05) is 45.0 Å². The summed E-state index contributed by atoms with van der Waals surface area (Å²) in [5.74, 6) is 0.867. The first-order chi connectivity index (χ1) is 17.6. The van der Waals surface area contributed by atoms with E-state index in [-0.39, 0.29) is 11.7 Å². The van der Waals surface area contributed by atoms with Crippen molar-refractivity contribution in [3.05, 3.63) is 83.0 Å². The number of nitrogens with one attached hydrogen (secondary N) is 1. The number of rotatable bonds is 9. The number of piperazine rings is 1. The number of hydrogen-bond donors (Lipinski definition) is 1. The minimum atomic E-state index is -3.35. The average Bonchev–Trinajstić information content (AvgIpc) is 2.88. The number of ketones is 1. The molecule has 1 fully saturated rings. The van der Waals surface area contributed by atoms with Gasteiger partial charge in [-0.25, -0.2) is 13.4 Å². The predicted octanol–water partition coefficient (Wildman–Crippen LogP) is 4.70. The Morgan fingerprint density at radius 3 is 2.30 bits per heavy atom. The van der Waals surface area contributed by atoms with Gasteiger partial charge in [-0.2, -0.15) is 0 Å². The van der Waals surface area contributed by atoms with Crippen LogP contribution in [0.1, 0.15) is 41.6 Å². The van der Waals surface area contributed by atoms with Crippen molar-refractivity contribution >= 4 is 33.0 Å². The van der Waals surface area contributed by atoms with Crippen LogP contribution in [0.15, 0.2) is 60.7 Å². The molecule has 4 rings (SSSR count). The molecule has 0 amide bonds. The molecule has 0 radical (unpaired) electrons. The highest BCUT2D eigenvalue weighted by atomic mass is 32.2. The van der Waals surface area contributed by atoms with E-state index < -0.39 is 10.0 Å². The molecule has 1 unspecified atom stereocenters. The van der Waals surface area contributed by atoms with Crippen LogP contribution in [0.4, 0.5) is 17.2 Å². The maximum Gasteiger partial charge on any atom is 0.229 e. The van der Waals surface area contributed by atoms with Gasteiger partial charge in [-0.1, -0.05) is 43.3 Å². The van der Waals surface area contributed by atoms with E-state index in [2.05, 4.69) is 44.9 Å². The van der Waals surface area contributed by atoms with Crippen LogP contribution in [-0.2, 0) is 21.2 Å². The van der Waals surface area contributed by atoms with E-state index in [4.69, 9.17) is 4.98 Å². The van der Waals surface area contributed by atoms with Crippen LogP contribution >= 0.6 is 0 Å². The summed E-state index contributed by atoms with van der Waals surface area (Å²) in [6.07, 6.45) is 2.19. The van der Waals surface area contributed by atoms with Crippen molar-refractivity contribution in [3.8, 4) is 0 Å². The van der Waals surface area contributed by atoms with E-state index in [1.165, 1.54) is 5.69 Å². The molecule has 0 aliphatic carbocycles. The van der Waals surface area contributed by atoms with Gasteiger partial charge >= 0.3 is 0 Å². The van der Waals surface area contributed by atoms with Gasteiger partial charge < -0.3 is 9.80 Å². The van der Waals surface area contributed by atoms with E-state index in [9.17, 15) is 13.2 Å². The molecule has 8 heteroatoms. The number of nitrogens with zero attached hydrogens (tertiary/aromatic N) is 3. The third-order valence-corrected chi connectivity index (χ3v) is 7.56. The van der Waals surface area contributed by atoms with Crippen molar-refractivity contribution in [2.45, 2.75) is 39.5 Å².